The van der Waals surface area contributed by atoms with Crippen LogP contribution in [0.4, 0.5) is 13.2 Å². The molecule has 1 aromatic rings. The molecule has 0 radical (unpaired) electrons. The van der Waals surface area contributed by atoms with Crippen molar-refractivity contribution in [2.24, 2.45) is 4.99 Å². The predicted octanol–water partition coefficient (Wildman–Crippen LogP) is 3.92. The first-order chi connectivity index (χ1) is 12.9. The summed E-state index contributed by atoms with van der Waals surface area (Å²) in [6, 6.07) is 8.15. The largest absolute Gasteiger partial charge is 0.411 e. The number of hydrogen-bond acceptors (Lipinski definition) is 3. The van der Waals surface area contributed by atoms with Crippen LogP contribution in [0.1, 0.15) is 30.6 Å². The smallest absolute Gasteiger partial charge is 0.372 e. The number of guanidine groups is 1. The zero-order valence-corrected chi connectivity index (χ0v) is 18.6. The Morgan fingerprint density at radius 2 is 2.11 bits per heavy atom. The van der Waals surface area contributed by atoms with Crippen molar-refractivity contribution in [2.75, 3.05) is 46.0 Å². The summed E-state index contributed by atoms with van der Waals surface area (Å²) in [7, 11) is 0. The molecule has 1 atom stereocenters. The Balaban J connectivity index is 0.00000392. The maximum atomic E-state index is 12.1. The number of aliphatic imine (C=N–C) groups is 1. The summed E-state index contributed by atoms with van der Waals surface area (Å²) in [6.45, 7) is 6.01. The van der Waals surface area contributed by atoms with Gasteiger partial charge in [0, 0.05) is 26.2 Å². The maximum Gasteiger partial charge on any atom is 0.411 e. The molecule has 1 unspecified atom stereocenters. The van der Waals surface area contributed by atoms with Crippen molar-refractivity contribution in [1.29, 1.82) is 0 Å². The molecule has 0 aromatic heterocycles. The van der Waals surface area contributed by atoms with Gasteiger partial charge in [-0.3, -0.25) is 4.99 Å². The van der Waals surface area contributed by atoms with Crippen LogP contribution < -0.4 is 5.32 Å². The minimum absolute atomic E-state index is 0. The number of benzene rings is 1. The van der Waals surface area contributed by atoms with Crippen molar-refractivity contribution in [3.63, 3.8) is 0 Å². The predicted molar refractivity (Wildman–Crippen MR) is 114 cm³/mol. The van der Waals surface area contributed by atoms with E-state index in [1.807, 2.05) is 19.1 Å². The third kappa shape index (κ3) is 8.52. The normalized spacial score (nSPS) is 18.0. The van der Waals surface area contributed by atoms with Crippen LogP contribution >= 0.6 is 24.0 Å². The van der Waals surface area contributed by atoms with E-state index in [0.29, 0.717) is 26.1 Å². The monoisotopic (exact) mass is 515 g/mol. The molecule has 160 valence electrons. The highest BCUT2D eigenvalue weighted by Gasteiger charge is 2.27. The van der Waals surface area contributed by atoms with Crippen molar-refractivity contribution >= 4 is 29.9 Å². The van der Waals surface area contributed by atoms with Gasteiger partial charge in [0.2, 0.25) is 0 Å². The minimum Gasteiger partial charge on any atom is -0.372 e. The summed E-state index contributed by atoms with van der Waals surface area (Å²) >= 11 is 0. The first kappa shape index (κ1) is 25.0. The highest BCUT2D eigenvalue weighted by molar-refractivity contribution is 14.0. The van der Waals surface area contributed by atoms with Crippen LogP contribution in [0.2, 0.25) is 0 Å². The Labute approximate surface area is 181 Å². The quantitative estimate of drug-likeness (QED) is 0.259. The second kappa shape index (κ2) is 12.5. The van der Waals surface area contributed by atoms with Crippen molar-refractivity contribution in [3.8, 4) is 0 Å². The van der Waals surface area contributed by atoms with Crippen LogP contribution in [-0.4, -0.2) is 63.0 Å². The summed E-state index contributed by atoms with van der Waals surface area (Å²) in [5.41, 5.74) is 2.35. The molecule has 0 saturated carbocycles. The average Bonchev–Trinajstić information content (AvgIpc) is 2.63. The Kier molecular flexibility index (Phi) is 11.1. The van der Waals surface area contributed by atoms with E-state index in [1.165, 1.54) is 11.1 Å². The zero-order chi connectivity index (χ0) is 19.7. The number of alkyl halides is 3. The summed E-state index contributed by atoms with van der Waals surface area (Å²) in [5, 5.41) is 3.25. The van der Waals surface area contributed by atoms with E-state index in [9.17, 15) is 13.2 Å². The fraction of sp³-hybridized carbons (Fsp3) is 0.632. The van der Waals surface area contributed by atoms with Crippen LogP contribution in [0.3, 0.4) is 0 Å². The molecule has 0 amide bonds. The highest BCUT2D eigenvalue weighted by atomic mass is 127. The van der Waals surface area contributed by atoms with Crippen LogP contribution in [0.15, 0.2) is 29.3 Å². The number of hydrogen-bond donors (Lipinski definition) is 1. The van der Waals surface area contributed by atoms with E-state index in [4.69, 9.17) is 4.74 Å². The molecular weight excluding hydrogens is 486 g/mol. The molecule has 1 aliphatic rings. The van der Waals surface area contributed by atoms with Gasteiger partial charge >= 0.3 is 6.18 Å². The van der Waals surface area contributed by atoms with Crippen molar-refractivity contribution in [1.82, 2.24) is 10.2 Å². The van der Waals surface area contributed by atoms with E-state index < -0.39 is 12.8 Å². The van der Waals surface area contributed by atoms with E-state index >= 15 is 0 Å². The van der Waals surface area contributed by atoms with Gasteiger partial charge in [0.25, 0.3) is 0 Å². The Morgan fingerprint density at radius 1 is 1.36 bits per heavy atom. The van der Waals surface area contributed by atoms with Gasteiger partial charge in [-0.2, -0.15) is 13.2 Å². The molecule has 0 aliphatic carbocycles. The van der Waals surface area contributed by atoms with E-state index in [0.717, 1.165) is 19.0 Å². The van der Waals surface area contributed by atoms with Gasteiger partial charge in [-0.1, -0.05) is 24.3 Å². The SMILES string of the molecule is CCNC(=NCCCOCC(F)(F)F)N1CCOC(c2ccccc2C)C1.I. The van der Waals surface area contributed by atoms with Gasteiger partial charge in [-0.05, 0) is 31.4 Å². The molecule has 5 nitrogen and oxygen atoms in total. The van der Waals surface area contributed by atoms with Crippen LogP contribution in [0.25, 0.3) is 0 Å². The van der Waals surface area contributed by atoms with Gasteiger partial charge in [-0.25, -0.2) is 0 Å². The number of rotatable bonds is 7. The third-order valence-corrected chi connectivity index (χ3v) is 4.21. The molecule has 1 aliphatic heterocycles. The van der Waals surface area contributed by atoms with Gasteiger partial charge in [0.05, 0.1) is 13.2 Å². The van der Waals surface area contributed by atoms with E-state index in [2.05, 4.69) is 39.0 Å². The van der Waals surface area contributed by atoms with Crippen LogP contribution in [-0.2, 0) is 9.47 Å². The molecule has 1 saturated heterocycles. The molecule has 0 bridgehead atoms. The molecule has 0 spiro atoms. The second-order valence-corrected chi connectivity index (χ2v) is 6.42. The van der Waals surface area contributed by atoms with Gasteiger partial charge in [0.15, 0.2) is 5.96 Å². The summed E-state index contributed by atoms with van der Waals surface area (Å²) in [6.07, 6.45) is -3.87. The van der Waals surface area contributed by atoms with Gasteiger partial charge < -0.3 is 19.7 Å². The number of ether oxygens (including phenoxy) is 2. The highest BCUT2D eigenvalue weighted by Crippen LogP contribution is 2.25. The van der Waals surface area contributed by atoms with Crippen LogP contribution in [0.5, 0.6) is 0 Å². The molecular formula is C19H29F3IN3O2. The van der Waals surface area contributed by atoms with Crippen molar-refractivity contribution in [2.45, 2.75) is 32.5 Å². The van der Waals surface area contributed by atoms with E-state index in [1.54, 1.807) is 0 Å². The first-order valence-electron chi connectivity index (χ1n) is 9.25. The number of halogens is 4. The standard InChI is InChI=1S/C19H28F3N3O2.HI/c1-3-23-18(24-9-6-11-26-14-19(20,21)22)25-10-12-27-17(13-25)16-8-5-4-7-15(16)2;/h4-5,7-8,17H,3,6,9-14H2,1-2H3,(H,23,24);1H. The van der Waals surface area contributed by atoms with Crippen LogP contribution in [0, 0.1) is 6.92 Å². The van der Waals surface area contributed by atoms with Gasteiger partial charge in [0.1, 0.15) is 12.7 Å². The number of nitrogens with zero attached hydrogens (tertiary/aromatic N) is 2. The van der Waals surface area contributed by atoms with Crippen molar-refractivity contribution in [3.05, 3.63) is 35.4 Å². The third-order valence-electron chi connectivity index (χ3n) is 4.21. The summed E-state index contributed by atoms with van der Waals surface area (Å²) in [4.78, 5) is 6.68. The molecule has 28 heavy (non-hydrogen) atoms. The Bertz CT molecular complexity index is 614. The molecule has 1 aromatic carbocycles. The molecule has 1 heterocycles. The number of morpholine rings is 1. The Hall–Kier alpha value is -1.07. The van der Waals surface area contributed by atoms with Crippen molar-refractivity contribution < 1.29 is 22.6 Å². The maximum absolute atomic E-state index is 12.1. The zero-order valence-electron chi connectivity index (χ0n) is 16.3. The molecule has 9 heteroatoms. The fourth-order valence-corrected chi connectivity index (χ4v) is 2.94. The average molecular weight is 515 g/mol. The lowest BCUT2D eigenvalue weighted by Crippen LogP contribution is -2.48. The van der Waals surface area contributed by atoms with Gasteiger partial charge in [-0.15, -0.1) is 24.0 Å². The lowest BCUT2D eigenvalue weighted by atomic mass is 10.0. The topological polar surface area (TPSA) is 46.1 Å². The molecule has 1 fully saturated rings. The molecule has 1 N–H and O–H groups in total. The first-order valence-corrected chi connectivity index (χ1v) is 9.25. The fourth-order valence-electron chi connectivity index (χ4n) is 2.94. The lowest BCUT2D eigenvalue weighted by Gasteiger charge is -2.35. The molecule has 2 rings (SSSR count). The summed E-state index contributed by atoms with van der Waals surface area (Å²) < 4.78 is 46.7. The number of aryl methyl sites for hydroxylation is 1. The summed E-state index contributed by atoms with van der Waals surface area (Å²) in [5.74, 6) is 0.759. The number of nitrogens with one attached hydrogen (secondary N) is 1. The second-order valence-electron chi connectivity index (χ2n) is 6.42. The Morgan fingerprint density at radius 3 is 2.79 bits per heavy atom. The minimum atomic E-state index is -4.28. The lowest BCUT2D eigenvalue weighted by molar-refractivity contribution is -0.173. The van der Waals surface area contributed by atoms with E-state index in [-0.39, 0.29) is 36.7 Å².